The summed E-state index contributed by atoms with van der Waals surface area (Å²) < 4.78 is 37.8. The van der Waals surface area contributed by atoms with E-state index < -0.39 is 35.1 Å². The minimum atomic E-state index is -4.63. The lowest BCUT2D eigenvalue weighted by atomic mass is 10.2. The van der Waals surface area contributed by atoms with Crippen LogP contribution in [0.25, 0.3) is 0 Å². The summed E-state index contributed by atoms with van der Waals surface area (Å²) in [5, 5.41) is 4.59. The molecule has 0 saturated heterocycles. The minimum absolute atomic E-state index is 0.485. The van der Waals surface area contributed by atoms with E-state index in [1.54, 1.807) is 31.3 Å². The first-order valence-corrected chi connectivity index (χ1v) is 6.56. The van der Waals surface area contributed by atoms with E-state index in [4.69, 9.17) is 0 Å². The summed E-state index contributed by atoms with van der Waals surface area (Å²) in [6.07, 6.45) is -2.54. The van der Waals surface area contributed by atoms with Gasteiger partial charge in [0.15, 0.2) is 0 Å². The Morgan fingerprint density at radius 2 is 2.09 bits per heavy atom. The third-order valence-corrected chi connectivity index (χ3v) is 2.96. The summed E-state index contributed by atoms with van der Waals surface area (Å²) in [5.41, 5.74) is -1.82. The Labute approximate surface area is 128 Å². The van der Waals surface area contributed by atoms with Gasteiger partial charge in [0.2, 0.25) is 0 Å². The molecule has 0 aromatic carbocycles. The number of carbonyl (C=O) groups excluding carboxylic acids is 1. The number of amides is 2. The van der Waals surface area contributed by atoms with Gasteiger partial charge < -0.3 is 15.6 Å². The van der Waals surface area contributed by atoms with Crippen molar-refractivity contribution in [2.24, 2.45) is 0 Å². The molecule has 0 saturated carbocycles. The Morgan fingerprint density at radius 3 is 2.70 bits per heavy atom. The van der Waals surface area contributed by atoms with Crippen LogP contribution in [-0.4, -0.2) is 16.0 Å². The second-order valence-corrected chi connectivity index (χ2v) is 4.70. The third kappa shape index (κ3) is 4.31. The van der Waals surface area contributed by atoms with Crippen molar-refractivity contribution in [1.29, 1.82) is 0 Å². The van der Waals surface area contributed by atoms with E-state index in [0.29, 0.717) is 18.0 Å². The highest BCUT2D eigenvalue weighted by Gasteiger charge is 2.31. The SMILES string of the molecule is C[C@@H](NC(=O)Nc1cc(C(F)(F)F)c[nH]c1=O)c1ccccn1. The Morgan fingerprint density at radius 1 is 1.35 bits per heavy atom. The van der Waals surface area contributed by atoms with Gasteiger partial charge in [-0.05, 0) is 25.1 Å². The van der Waals surface area contributed by atoms with Crippen molar-refractivity contribution in [2.75, 3.05) is 5.32 Å². The standard InChI is InChI=1S/C14H13F3N4O2/c1-8(10-4-2-3-5-18-10)20-13(23)21-11-6-9(14(15,16)17)7-19-12(11)22/h2-8H,1H3,(H,19,22)(H2,20,21,23)/t8-/m1/s1. The molecule has 2 heterocycles. The van der Waals surface area contributed by atoms with Gasteiger partial charge in [0.25, 0.3) is 5.56 Å². The number of urea groups is 1. The lowest BCUT2D eigenvalue weighted by molar-refractivity contribution is -0.137. The number of aromatic nitrogens is 2. The lowest BCUT2D eigenvalue weighted by Gasteiger charge is -2.14. The molecule has 0 unspecified atom stereocenters. The van der Waals surface area contributed by atoms with Crippen molar-refractivity contribution >= 4 is 11.7 Å². The van der Waals surface area contributed by atoms with Gasteiger partial charge in [0, 0.05) is 12.4 Å². The number of pyridine rings is 2. The van der Waals surface area contributed by atoms with Gasteiger partial charge in [-0.2, -0.15) is 13.2 Å². The lowest BCUT2D eigenvalue weighted by Crippen LogP contribution is -2.33. The highest BCUT2D eigenvalue weighted by atomic mass is 19.4. The molecule has 9 heteroatoms. The second kappa shape index (κ2) is 6.51. The molecule has 2 aromatic heterocycles. The molecule has 122 valence electrons. The largest absolute Gasteiger partial charge is 0.417 e. The fraction of sp³-hybridized carbons (Fsp3) is 0.214. The number of anilines is 1. The predicted molar refractivity (Wildman–Crippen MR) is 76.9 cm³/mol. The molecule has 1 atom stereocenters. The first kappa shape index (κ1) is 16.5. The molecule has 0 spiro atoms. The monoisotopic (exact) mass is 326 g/mol. The minimum Gasteiger partial charge on any atom is -0.330 e. The van der Waals surface area contributed by atoms with E-state index in [-0.39, 0.29) is 0 Å². The number of hydrogen-bond donors (Lipinski definition) is 3. The highest BCUT2D eigenvalue weighted by molar-refractivity contribution is 5.89. The van der Waals surface area contributed by atoms with Crippen LogP contribution < -0.4 is 16.2 Å². The highest BCUT2D eigenvalue weighted by Crippen LogP contribution is 2.29. The molecule has 23 heavy (non-hydrogen) atoms. The van der Waals surface area contributed by atoms with Crippen LogP contribution in [0.3, 0.4) is 0 Å². The number of aromatic amines is 1. The Balaban J connectivity index is 2.10. The summed E-state index contributed by atoms with van der Waals surface area (Å²) in [4.78, 5) is 29.3. The van der Waals surface area contributed by atoms with Crippen LogP contribution in [0.4, 0.5) is 23.7 Å². The zero-order valence-electron chi connectivity index (χ0n) is 11.9. The fourth-order valence-corrected chi connectivity index (χ4v) is 1.80. The quantitative estimate of drug-likeness (QED) is 0.810. The molecule has 0 bridgehead atoms. The van der Waals surface area contributed by atoms with Gasteiger partial charge in [-0.25, -0.2) is 4.79 Å². The van der Waals surface area contributed by atoms with Gasteiger partial charge in [0.05, 0.1) is 17.3 Å². The van der Waals surface area contributed by atoms with Crippen LogP contribution in [0.2, 0.25) is 0 Å². The van der Waals surface area contributed by atoms with Crippen molar-refractivity contribution in [1.82, 2.24) is 15.3 Å². The smallest absolute Gasteiger partial charge is 0.330 e. The van der Waals surface area contributed by atoms with Gasteiger partial charge in [0.1, 0.15) is 5.69 Å². The number of alkyl halides is 3. The van der Waals surface area contributed by atoms with Gasteiger partial charge in [-0.3, -0.25) is 9.78 Å². The summed E-state index contributed by atoms with van der Waals surface area (Å²) in [6, 6.07) is 4.40. The average Bonchev–Trinajstić information content (AvgIpc) is 2.49. The first-order valence-electron chi connectivity index (χ1n) is 6.56. The molecule has 2 aromatic rings. The first-order chi connectivity index (χ1) is 10.8. The van der Waals surface area contributed by atoms with Crippen molar-refractivity contribution in [3.63, 3.8) is 0 Å². The van der Waals surface area contributed by atoms with Crippen LogP contribution in [0.15, 0.2) is 41.5 Å². The maximum absolute atomic E-state index is 12.6. The van der Waals surface area contributed by atoms with Gasteiger partial charge in [-0.1, -0.05) is 6.07 Å². The second-order valence-electron chi connectivity index (χ2n) is 4.70. The summed E-state index contributed by atoms with van der Waals surface area (Å²) in [7, 11) is 0. The summed E-state index contributed by atoms with van der Waals surface area (Å²) in [6.45, 7) is 1.65. The average molecular weight is 326 g/mol. The molecule has 2 rings (SSSR count). The maximum atomic E-state index is 12.6. The van der Waals surface area contributed by atoms with Crippen LogP contribution in [-0.2, 0) is 6.18 Å². The summed E-state index contributed by atoms with van der Waals surface area (Å²) >= 11 is 0. The van der Waals surface area contributed by atoms with E-state index in [1.807, 2.05) is 4.98 Å². The van der Waals surface area contributed by atoms with Gasteiger partial charge >= 0.3 is 12.2 Å². The molecule has 3 N–H and O–H groups in total. The zero-order valence-corrected chi connectivity index (χ0v) is 11.9. The molecule has 0 radical (unpaired) electrons. The number of H-pyrrole nitrogens is 1. The summed E-state index contributed by atoms with van der Waals surface area (Å²) in [5.74, 6) is 0. The maximum Gasteiger partial charge on any atom is 0.417 e. The number of carbonyl (C=O) groups is 1. The molecule has 0 aliphatic rings. The van der Waals surface area contributed by atoms with E-state index in [2.05, 4.69) is 15.6 Å². The molecular weight excluding hydrogens is 313 g/mol. The number of hydrogen-bond acceptors (Lipinski definition) is 3. The fourth-order valence-electron chi connectivity index (χ4n) is 1.80. The third-order valence-electron chi connectivity index (χ3n) is 2.96. The van der Waals surface area contributed by atoms with Crippen molar-refractivity contribution in [3.8, 4) is 0 Å². The predicted octanol–water partition coefficient (Wildman–Crippen LogP) is 2.67. The normalized spacial score (nSPS) is 12.5. The van der Waals surface area contributed by atoms with Crippen LogP contribution in [0, 0.1) is 0 Å². The molecule has 0 fully saturated rings. The molecule has 0 aliphatic heterocycles. The molecular formula is C14H13F3N4O2. The molecule has 2 amide bonds. The molecule has 0 aliphatic carbocycles. The topological polar surface area (TPSA) is 86.9 Å². The number of halogens is 3. The van der Waals surface area contributed by atoms with Crippen LogP contribution >= 0.6 is 0 Å². The number of nitrogens with one attached hydrogen (secondary N) is 3. The van der Waals surface area contributed by atoms with Gasteiger partial charge in [-0.15, -0.1) is 0 Å². The van der Waals surface area contributed by atoms with Crippen LogP contribution in [0.1, 0.15) is 24.2 Å². The van der Waals surface area contributed by atoms with E-state index in [0.717, 1.165) is 0 Å². The Hall–Kier alpha value is -2.84. The van der Waals surface area contributed by atoms with Crippen molar-refractivity contribution < 1.29 is 18.0 Å². The molecule has 6 nitrogen and oxygen atoms in total. The van der Waals surface area contributed by atoms with Crippen molar-refractivity contribution in [3.05, 3.63) is 58.3 Å². The Bertz CT molecular complexity index is 744. The van der Waals surface area contributed by atoms with E-state index >= 15 is 0 Å². The van der Waals surface area contributed by atoms with E-state index in [1.165, 1.54) is 0 Å². The number of rotatable bonds is 3. The zero-order chi connectivity index (χ0) is 17.0. The van der Waals surface area contributed by atoms with Crippen LogP contribution in [0.5, 0.6) is 0 Å². The van der Waals surface area contributed by atoms with E-state index in [9.17, 15) is 22.8 Å². The Kier molecular flexibility index (Phi) is 4.68. The van der Waals surface area contributed by atoms with Crippen molar-refractivity contribution in [2.45, 2.75) is 19.1 Å². The number of nitrogens with zero attached hydrogens (tertiary/aromatic N) is 1.